The summed E-state index contributed by atoms with van der Waals surface area (Å²) in [6, 6.07) is 7.04. The molecule has 1 heterocycles. The smallest absolute Gasteiger partial charge is 0.163 e. The van der Waals surface area contributed by atoms with Crippen molar-refractivity contribution >= 4 is 17.4 Å². The predicted octanol–water partition coefficient (Wildman–Crippen LogP) is 3.61. The SMILES string of the molecule is Nc1cc2c(cc1CSc1ccc(F)cc1F)OCCO2. The van der Waals surface area contributed by atoms with Crippen molar-refractivity contribution in [3.05, 3.63) is 47.5 Å². The van der Waals surface area contributed by atoms with Gasteiger partial charge >= 0.3 is 0 Å². The van der Waals surface area contributed by atoms with Gasteiger partial charge in [0.1, 0.15) is 24.8 Å². The zero-order valence-electron chi connectivity index (χ0n) is 11.1. The molecule has 2 N–H and O–H groups in total. The third-order valence-corrected chi connectivity index (χ3v) is 4.18. The van der Waals surface area contributed by atoms with E-state index in [4.69, 9.17) is 15.2 Å². The van der Waals surface area contributed by atoms with Crippen molar-refractivity contribution in [1.82, 2.24) is 0 Å². The Balaban J connectivity index is 1.78. The van der Waals surface area contributed by atoms with E-state index in [1.807, 2.05) is 0 Å². The molecule has 110 valence electrons. The van der Waals surface area contributed by atoms with Crippen LogP contribution in [0.1, 0.15) is 5.56 Å². The van der Waals surface area contributed by atoms with E-state index in [1.165, 1.54) is 23.9 Å². The lowest BCUT2D eigenvalue weighted by Crippen LogP contribution is -2.15. The first-order valence-electron chi connectivity index (χ1n) is 6.39. The summed E-state index contributed by atoms with van der Waals surface area (Å²) < 4.78 is 37.4. The lowest BCUT2D eigenvalue weighted by Gasteiger charge is -2.20. The molecule has 2 aromatic rings. The van der Waals surface area contributed by atoms with E-state index in [0.717, 1.165) is 11.6 Å². The number of hydrogen-bond acceptors (Lipinski definition) is 4. The molecule has 0 radical (unpaired) electrons. The van der Waals surface area contributed by atoms with Gasteiger partial charge in [0.25, 0.3) is 0 Å². The maximum absolute atomic E-state index is 13.6. The van der Waals surface area contributed by atoms with Crippen LogP contribution in [0.4, 0.5) is 14.5 Å². The quantitative estimate of drug-likeness (QED) is 0.695. The van der Waals surface area contributed by atoms with Gasteiger partial charge in [0.2, 0.25) is 0 Å². The Morgan fingerprint density at radius 1 is 1.05 bits per heavy atom. The highest BCUT2D eigenvalue weighted by atomic mass is 32.2. The molecule has 0 fully saturated rings. The van der Waals surface area contributed by atoms with Crippen LogP contribution in [0.5, 0.6) is 11.5 Å². The maximum atomic E-state index is 13.6. The molecule has 1 aliphatic heterocycles. The van der Waals surface area contributed by atoms with Crippen molar-refractivity contribution in [1.29, 1.82) is 0 Å². The molecule has 0 atom stereocenters. The van der Waals surface area contributed by atoms with Crippen molar-refractivity contribution in [3.8, 4) is 11.5 Å². The third-order valence-electron chi connectivity index (χ3n) is 3.08. The molecule has 0 spiro atoms. The normalized spacial score (nSPS) is 13.2. The minimum atomic E-state index is -0.587. The minimum absolute atomic E-state index is 0.380. The number of halogens is 2. The van der Waals surface area contributed by atoms with Gasteiger partial charge < -0.3 is 15.2 Å². The minimum Gasteiger partial charge on any atom is -0.486 e. The summed E-state index contributed by atoms with van der Waals surface area (Å²) in [4.78, 5) is 0.380. The summed E-state index contributed by atoms with van der Waals surface area (Å²) in [5, 5.41) is 0. The summed E-state index contributed by atoms with van der Waals surface area (Å²) in [6.45, 7) is 0.997. The molecule has 0 aromatic heterocycles. The molecule has 0 amide bonds. The lowest BCUT2D eigenvalue weighted by atomic mass is 10.2. The third kappa shape index (κ3) is 3.05. The van der Waals surface area contributed by atoms with Crippen LogP contribution >= 0.6 is 11.8 Å². The lowest BCUT2D eigenvalue weighted by molar-refractivity contribution is 0.171. The molecule has 0 saturated heterocycles. The van der Waals surface area contributed by atoms with Crippen molar-refractivity contribution in [2.24, 2.45) is 0 Å². The molecule has 0 unspecified atom stereocenters. The van der Waals surface area contributed by atoms with Crippen LogP contribution in [0, 0.1) is 11.6 Å². The van der Waals surface area contributed by atoms with Crippen molar-refractivity contribution in [2.45, 2.75) is 10.6 Å². The van der Waals surface area contributed by atoms with Gasteiger partial charge in [0.15, 0.2) is 11.5 Å². The monoisotopic (exact) mass is 309 g/mol. The second-order valence-electron chi connectivity index (χ2n) is 4.56. The average molecular weight is 309 g/mol. The largest absolute Gasteiger partial charge is 0.486 e. The van der Waals surface area contributed by atoms with Crippen LogP contribution < -0.4 is 15.2 Å². The molecule has 21 heavy (non-hydrogen) atoms. The van der Waals surface area contributed by atoms with Crippen LogP contribution in [-0.2, 0) is 5.75 Å². The van der Waals surface area contributed by atoms with E-state index in [2.05, 4.69) is 0 Å². The summed E-state index contributed by atoms with van der Waals surface area (Å²) in [5.41, 5.74) is 7.36. The van der Waals surface area contributed by atoms with E-state index < -0.39 is 11.6 Å². The molecule has 2 aromatic carbocycles. The highest BCUT2D eigenvalue weighted by Gasteiger charge is 2.15. The van der Waals surface area contributed by atoms with E-state index in [-0.39, 0.29) is 0 Å². The number of benzene rings is 2. The fourth-order valence-corrected chi connectivity index (χ4v) is 2.94. The van der Waals surface area contributed by atoms with Gasteiger partial charge in [-0.1, -0.05) is 0 Å². The number of nitrogen functional groups attached to an aromatic ring is 1. The first kappa shape index (κ1) is 14.0. The maximum Gasteiger partial charge on any atom is 0.163 e. The molecule has 6 heteroatoms. The number of nitrogens with two attached hydrogens (primary N) is 1. The van der Waals surface area contributed by atoms with Crippen molar-refractivity contribution < 1.29 is 18.3 Å². The Morgan fingerprint density at radius 2 is 1.76 bits per heavy atom. The van der Waals surface area contributed by atoms with Gasteiger partial charge in [-0.15, -0.1) is 11.8 Å². The summed E-state index contributed by atoms with van der Waals surface area (Å²) >= 11 is 1.26. The van der Waals surface area contributed by atoms with Gasteiger partial charge in [-0.25, -0.2) is 8.78 Å². The fraction of sp³-hybridized carbons (Fsp3) is 0.200. The van der Waals surface area contributed by atoms with Crippen molar-refractivity contribution in [3.63, 3.8) is 0 Å². The van der Waals surface area contributed by atoms with Crippen LogP contribution in [0.25, 0.3) is 0 Å². The Morgan fingerprint density at radius 3 is 2.48 bits per heavy atom. The van der Waals surface area contributed by atoms with Gasteiger partial charge in [0.05, 0.1) is 0 Å². The van der Waals surface area contributed by atoms with E-state index in [1.54, 1.807) is 12.1 Å². The van der Waals surface area contributed by atoms with Gasteiger partial charge in [0, 0.05) is 28.5 Å². The Kier molecular flexibility index (Phi) is 3.88. The zero-order valence-corrected chi connectivity index (χ0v) is 11.9. The summed E-state index contributed by atoms with van der Waals surface area (Å²) in [6.07, 6.45) is 0. The second kappa shape index (κ2) is 5.81. The van der Waals surface area contributed by atoms with Gasteiger partial charge in [-0.3, -0.25) is 0 Å². The Hall–Kier alpha value is -1.95. The van der Waals surface area contributed by atoms with Crippen LogP contribution in [-0.4, -0.2) is 13.2 Å². The highest BCUT2D eigenvalue weighted by molar-refractivity contribution is 7.98. The molecule has 0 aliphatic carbocycles. The molecule has 3 rings (SSSR count). The first-order chi connectivity index (χ1) is 10.1. The van der Waals surface area contributed by atoms with Crippen LogP contribution in [0.15, 0.2) is 35.2 Å². The summed E-state index contributed by atoms with van der Waals surface area (Å²) in [7, 11) is 0. The summed E-state index contributed by atoms with van der Waals surface area (Å²) in [5.74, 6) is 0.572. The zero-order chi connectivity index (χ0) is 14.8. The number of rotatable bonds is 3. The van der Waals surface area contributed by atoms with Crippen LogP contribution in [0.3, 0.4) is 0 Å². The van der Waals surface area contributed by atoms with E-state index in [0.29, 0.717) is 41.0 Å². The van der Waals surface area contributed by atoms with E-state index >= 15 is 0 Å². The number of thioether (sulfide) groups is 1. The number of hydrogen-bond donors (Lipinski definition) is 1. The predicted molar refractivity (Wildman–Crippen MR) is 77.8 cm³/mol. The topological polar surface area (TPSA) is 44.5 Å². The highest BCUT2D eigenvalue weighted by Crippen LogP contribution is 2.37. The average Bonchev–Trinajstić information content (AvgIpc) is 2.46. The first-order valence-corrected chi connectivity index (χ1v) is 7.38. The molecular formula is C15H13F2NO2S. The standard InChI is InChI=1S/C15H13F2NO2S/c16-10-1-2-15(11(17)6-10)21-8-9-5-13-14(7-12(9)18)20-4-3-19-13/h1-2,5-7H,3-4,8,18H2. The van der Waals surface area contributed by atoms with E-state index in [9.17, 15) is 8.78 Å². The molecular weight excluding hydrogens is 296 g/mol. The fourth-order valence-electron chi connectivity index (χ4n) is 2.02. The molecule has 0 saturated carbocycles. The van der Waals surface area contributed by atoms with Gasteiger partial charge in [-0.2, -0.15) is 0 Å². The Bertz CT molecular complexity index is 679. The molecule has 0 bridgehead atoms. The Labute approximate surface area is 125 Å². The number of ether oxygens (including phenoxy) is 2. The van der Waals surface area contributed by atoms with Gasteiger partial charge in [-0.05, 0) is 23.8 Å². The van der Waals surface area contributed by atoms with Crippen molar-refractivity contribution in [2.75, 3.05) is 18.9 Å². The number of anilines is 1. The van der Waals surface area contributed by atoms with Crippen LogP contribution in [0.2, 0.25) is 0 Å². The second-order valence-corrected chi connectivity index (χ2v) is 5.58. The number of fused-ring (bicyclic) bond motifs is 1. The molecule has 3 nitrogen and oxygen atoms in total. The molecule has 1 aliphatic rings.